The van der Waals surface area contributed by atoms with Crippen molar-refractivity contribution in [3.63, 3.8) is 0 Å². The molecule has 0 unspecified atom stereocenters. The zero-order chi connectivity index (χ0) is 15.7. The number of carbonyl (C=O) groups is 1. The molecule has 0 N–H and O–H groups in total. The molecule has 0 spiro atoms. The fourth-order valence-electron chi connectivity index (χ4n) is 1.10. The van der Waals surface area contributed by atoms with Gasteiger partial charge in [-0.25, -0.2) is 8.42 Å². The first-order valence-corrected chi connectivity index (χ1v) is 7.72. The lowest BCUT2D eigenvalue weighted by Gasteiger charge is -2.42. The van der Waals surface area contributed by atoms with Crippen LogP contribution in [0.1, 0.15) is 62.3 Å². The lowest BCUT2D eigenvalue weighted by molar-refractivity contribution is -0.157. The van der Waals surface area contributed by atoms with Crippen molar-refractivity contribution in [3.05, 3.63) is 0 Å². The van der Waals surface area contributed by atoms with Gasteiger partial charge in [0, 0.05) is 5.41 Å². The maximum absolute atomic E-state index is 11.9. The van der Waals surface area contributed by atoms with Crippen LogP contribution in [0.25, 0.3) is 0 Å². The van der Waals surface area contributed by atoms with Crippen molar-refractivity contribution in [2.24, 2.45) is 10.8 Å². The van der Waals surface area contributed by atoms with Gasteiger partial charge in [-0.1, -0.05) is 28.2 Å². The van der Waals surface area contributed by atoms with Crippen LogP contribution in [-0.4, -0.2) is 30.3 Å². The Kier molecular flexibility index (Phi) is 6.97. The van der Waals surface area contributed by atoms with Gasteiger partial charge in [0.2, 0.25) is 0 Å². The Hall–Kier alpha value is -0.620. The molecular weight excluding hydrogens is 280 g/mol. The third-order valence-corrected chi connectivity index (χ3v) is 6.06. The summed E-state index contributed by atoms with van der Waals surface area (Å²) < 4.78 is 37.6. The highest BCUT2D eigenvalue weighted by molar-refractivity contribution is 7.87. The minimum absolute atomic E-state index is 0. The molecule has 0 heterocycles. The number of hydrogen-bond donors (Lipinski definition) is 0. The molecule has 0 aliphatic carbocycles. The monoisotopic (exact) mass is 309 g/mol. The van der Waals surface area contributed by atoms with Gasteiger partial charge >= 0.3 is 5.97 Å². The highest BCUT2D eigenvalue weighted by atomic mass is 32.2. The van der Waals surface area contributed by atoms with Crippen LogP contribution in [0.2, 0.25) is 0 Å². The molecular formula is C14H29O5S-. The van der Waals surface area contributed by atoms with E-state index in [9.17, 15) is 17.8 Å². The Morgan fingerprint density at radius 2 is 1.50 bits per heavy atom. The first kappa shape index (κ1) is 21.7. The van der Waals surface area contributed by atoms with Crippen LogP contribution in [0.5, 0.6) is 0 Å². The molecule has 5 nitrogen and oxygen atoms in total. The molecule has 0 saturated heterocycles. The summed E-state index contributed by atoms with van der Waals surface area (Å²) in [5, 5.41) is 0. The number of ether oxygens (including phenoxy) is 1. The average Bonchev–Trinajstić information content (AvgIpc) is 2.24. The van der Waals surface area contributed by atoms with Crippen LogP contribution in [0, 0.1) is 10.8 Å². The van der Waals surface area contributed by atoms with Gasteiger partial charge < -0.3 is 9.29 Å². The highest BCUT2D eigenvalue weighted by Gasteiger charge is 2.44. The Bertz CT molecular complexity index is 432. The smallest absolute Gasteiger partial charge is 0.311 e. The quantitative estimate of drug-likeness (QED) is 0.556. The molecule has 0 saturated carbocycles. The first-order chi connectivity index (χ1) is 8.19. The summed E-state index contributed by atoms with van der Waals surface area (Å²) in [5.74, 6) is -0.387. The van der Waals surface area contributed by atoms with E-state index in [0.717, 1.165) is 0 Å². The fraction of sp³-hybridized carbons (Fsp3) is 0.929. The standard InChI is InChI=1S/C13H26O5S.CH4/c1-8-11(2,3)10(14)18-9-12(4,5)13(6,7)19(15,16)17;/h8-9H2,1-7H3,(H,15,16,17);1H4/p-1. The topological polar surface area (TPSA) is 83.5 Å². The predicted octanol–water partition coefficient (Wildman–Crippen LogP) is 2.95. The van der Waals surface area contributed by atoms with E-state index in [-0.39, 0.29) is 20.0 Å². The van der Waals surface area contributed by atoms with Crippen molar-refractivity contribution in [1.82, 2.24) is 0 Å². The highest BCUT2D eigenvalue weighted by Crippen LogP contribution is 2.37. The van der Waals surface area contributed by atoms with Crippen molar-refractivity contribution < 1.29 is 22.5 Å². The van der Waals surface area contributed by atoms with Crippen molar-refractivity contribution in [2.75, 3.05) is 6.61 Å². The molecule has 122 valence electrons. The minimum Gasteiger partial charge on any atom is -0.748 e. The zero-order valence-corrected chi connectivity index (χ0v) is 13.7. The number of esters is 1. The third-order valence-electron chi connectivity index (χ3n) is 4.26. The van der Waals surface area contributed by atoms with Crippen LogP contribution in [-0.2, 0) is 19.6 Å². The normalized spacial score (nSPS) is 13.6. The largest absolute Gasteiger partial charge is 0.748 e. The van der Waals surface area contributed by atoms with Crippen LogP contribution in [0.4, 0.5) is 0 Å². The van der Waals surface area contributed by atoms with Crippen LogP contribution < -0.4 is 0 Å². The molecule has 0 aliphatic rings. The van der Waals surface area contributed by atoms with Gasteiger partial charge in [0.15, 0.2) is 0 Å². The predicted molar refractivity (Wildman–Crippen MR) is 79.3 cm³/mol. The van der Waals surface area contributed by atoms with Gasteiger partial charge in [-0.15, -0.1) is 0 Å². The average molecular weight is 309 g/mol. The SMILES string of the molecule is C.CCC(C)(C)C(=O)OCC(C)(C)C(C)(C)S(=O)(=O)[O-]. The number of carbonyl (C=O) groups excluding carboxylic acids is 1. The Morgan fingerprint density at radius 1 is 1.10 bits per heavy atom. The molecule has 0 aromatic rings. The second-order valence-corrected chi connectivity index (χ2v) is 8.59. The van der Waals surface area contributed by atoms with Crippen molar-refractivity contribution >= 4 is 16.1 Å². The summed E-state index contributed by atoms with van der Waals surface area (Å²) >= 11 is 0. The number of rotatable bonds is 6. The lowest BCUT2D eigenvalue weighted by atomic mass is 9.81. The molecule has 20 heavy (non-hydrogen) atoms. The molecule has 0 fully saturated rings. The van der Waals surface area contributed by atoms with Gasteiger partial charge in [0.05, 0.1) is 16.8 Å². The van der Waals surface area contributed by atoms with Crippen molar-refractivity contribution in [1.29, 1.82) is 0 Å². The summed E-state index contributed by atoms with van der Waals surface area (Å²) in [6, 6.07) is 0. The zero-order valence-electron chi connectivity index (χ0n) is 12.9. The van der Waals surface area contributed by atoms with Crippen molar-refractivity contribution in [3.8, 4) is 0 Å². The lowest BCUT2D eigenvalue weighted by Crippen LogP contribution is -2.49. The molecule has 0 aromatic carbocycles. The van der Waals surface area contributed by atoms with E-state index in [1.54, 1.807) is 27.7 Å². The van der Waals surface area contributed by atoms with E-state index in [4.69, 9.17) is 4.74 Å². The maximum Gasteiger partial charge on any atom is 0.311 e. The van der Waals surface area contributed by atoms with E-state index in [1.807, 2.05) is 6.92 Å². The van der Waals surface area contributed by atoms with Crippen molar-refractivity contribution in [2.45, 2.75) is 67.1 Å². The molecule has 0 aromatic heterocycles. The molecule has 0 atom stereocenters. The molecule has 0 aliphatic heterocycles. The van der Waals surface area contributed by atoms with E-state index < -0.39 is 25.7 Å². The molecule has 0 amide bonds. The van der Waals surface area contributed by atoms with E-state index in [1.165, 1.54) is 13.8 Å². The summed E-state index contributed by atoms with van der Waals surface area (Å²) in [4.78, 5) is 11.9. The Labute approximate surface area is 123 Å². The second-order valence-electron chi connectivity index (χ2n) is 6.66. The molecule has 0 bridgehead atoms. The van der Waals surface area contributed by atoms with Gasteiger partial charge in [0.1, 0.15) is 10.1 Å². The second kappa shape index (κ2) is 6.43. The van der Waals surface area contributed by atoms with E-state index in [0.29, 0.717) is 6.42 Å². The molecule has 0 rings (SSSR count). The van der Waals surface area contributed by atoms with Crippen LogP contribution >= 0.6 is 0 Å². The maximum atomic E-state index is 11.9. The van der Waals surface area contributed by atoms with Crippen LogP contribution in [0.3, 0.4) is 0 Å². The summed E-state index contributed by atoms with van der Waals surface area (Å²) in [7, 11) is -4.49. The van der Waals surface area contributed by atoms with Crippen LogP contribution in [0.15, 0.2) is 0 Å². The molecule has 6 heteroatoms. The van der Waals surface area contributed by atoms with Gasteiger partial charge in [-0.05, 0) is 34.1 Å². The summed E-state index contributed by atoms with van der Waals surface area (Å²) in [6.45, 7) is 11.2. The first-order valence-electron chi connectivity index (χ1n) is 6.32. The van der Waals surface area contributed by atoms with E-state index >= 15 is 0 Å². The van der Waals surface area contributed by atoms with Gasteiger partial charge in [-0.3, -0.25) is 4.79 Å². The fourth-order valence-corrected chi connectivity index (χ4v) is 1.83. The third kappa shape index (κ3) is 4.45. The van der Waals surface area contributed by atoms with Gasteiger partial charge in [-0.2, -0.15) is 0 Å². The summed E-state index contributed by atoms with van der Waals surface area (Å²) in [5.41, 5.74) is -1.58. The molecule has 0 radical (unpaired) electrons. The van der Waals surface area contributed by atoms with Gasteiger partial charge in [0.25, 0.3) is 0 Å². The Balaban J connectivity index is 0. The summed E-state index contributed by atoms with van der Waals surface area (Å²) in [6.07, 6.45) is 0.621. The van der Waals surface area contributed by atoms with E-state index in [2.05, 4.69) is 0 Å². The Morgan fingerprint density at radius 3 is 1.80 bits per heavy atom. The number of hydrogen-bond acceptors (Lipinski definition) is 5. The minimum atomic E-state index is -4.49.